The second-order valence-electron chi connectivity index (χ2n) is 28.3. The third-order valence-corrected chi connectivity index (χ3v) is 21.9. The van der Waals surface area contributed by atoms with Crippen LogP contribution in [0.4, 0.5) is 13.2 Å². The number of carbonyl (C=O) groups is 5. The van der Waals surface area contributed by atoms with Gasteiger partial charge in [-0.2, -0.15) is 38.6 Å². The second-order valence-corrected chi connectivity index (χ2v) is 32.4. The number of amides is 2. The lowest BCUT2D eigenvalue weighted by molar-refractivity contribution is -0.192. The summed E-state index contributed by atoms with van der Waals surface area (Å²) in [7, 11) is -1.09. The summed E-state index contributed by atoms with van der Waals surface area (Å²) < 4.78 is 103. The van der Waals surface area contributed by atoms with Crippen molar-refractivity contribution in [1.29, 1.82) is 0 Å². The van der Waals surface area contributed by atoms with Gasteiger partial charge in [-0.15, -0.1) is 23.2 Å². The van der Waals surface area contributed by atoms with Crippen LogP contribution in [-0.2, 0) is 39.5 Å². The lowest BCUT2D eigenvalue weighted by Gasteiger charge is -2.26. The molecular formula is C75H103Cl2F3N8O14S2. The highest BCUT2D eigenvalue weighted by molar-refractivity contribution is 7.87. The zero-order chi connectivity index (χ0) is 76.3. The van der Waals surface area contributed by atoms with E-state index in [9.17, 15) is 54.3 Å². The van der Waals surface area contributed by atoms with Crippen LogP contribution >= 0.6 is 23.2 Å². The number of alkyl halides is 5. The zero-order valence-electron chi connectivity index (χ0n) is 60.7. The molecule has 0 spiro atoms. The third kappa shape index (κ3) is 23.3. The van der Waals surface area contributed by atoms with Crippen LogP contribution in [0.3, 0.4) is 0 Å². The largest absolute Gasteiger partial charge is 0.490 e. The van der Waals surface area contributed by atoms with Crippen LogP contribution in [0.2, 0.25) is 0 Å². The number of carboxylic acids is 2. The number of esters is 1. The van der Waals surface area contributed by atoms with E-state index in [0.717, 1.165) is 125 Å². The maximum atomic E-state index is 13.3. The number of ether oxygens (including phenoxy) is 3. The minimum atomic E-state index is -5.08. The van der Waals surface area contributed by atoms with Gasteiger partial charge in [0.1, 0.15) is 17.1 Å². The first-order chi connectivity index (χ1) is 49.2. The standard InChI is InChI=1S/C38H54N4O6S.C34H46N4O6S.C2HF3O2.CH2Cl2/c1-38(2,3)48-37(44)28-21-22-30-32(25-28)42(29-17-9-10-18-29)36(35(30)27-15-7-6-8-16-27)31-19-11-12-20-33(31)47-26-34(43)40(4)23-13-14-24-41(5)49(39,45)46;1-36(20-10-11-21-37(2)45(35,42)43)31(39)23-44-30-17-9-8-16-28(30)33-32(24-12-4-3-5-13-24)27-19-18-25(34(40)41)22-29(27)38(33)26-14-6-7-15-26;3-2(4,5)1(6)7;2-1-3/h11-12,19-22,25,27,29H,6-10,13-18,23-24,26H2,1-5H3,(H2,39,45,46);8-9,16-19,22,24,26H,3-7,10-15,20-21,23H2,1-2H3,(H,40,41)(H2,35,42,43);(H,6,7);1H2. The second kappa shape index (κ2) is 38.5. The van der Waals surface area contributed by atoms with Crippen LogP contribution < -0.4 is 19.8 Å². The molecule has 6 aromatic rings. The van der Waals surface area contributed by atoms with Crippen molar-refractivity contribution in [3.63, 3.8) is 0 Å². The predicted molar refractivity (Wildman–Crippen MR) is 400 cm³/mol. The van der Waals surface area contributed by atoms with Gasteiger partial charge in [0, 0.05) is 99.4 Å². The van der Waals surface area contributed by atoms with Crippen LogP contribution in [0.5, 0.6) is 11.5 Å². The summed E-state index contributed by atoms with van der Waals surface area (Å²) in [6, 6.07) is 28.1. The molecule has 104 heavy (non-hydrogen) atoms. The Balaban J connectivity index is 0.000000258. The Bertz CT molecular complexity index is 4120. The number of aromatic carboxylic acids is 1. The molecule has 4 fully saturated rings. The number of carbonyl (C=O) groups excluding carboxylic acids is 3. The number of unbranched alkanes of at least 4 members (excludes halogenated alkanes) is 2. The Hall–Kier alpha value is -6.98. The van der Waals surface area contributed by atoms with Crippen molar-refractivity contribution in [2.75, 3.05) is 72.9 Å². The first-order valence-corrected chi connectivity index (χ1v) is 39.9. The highest BCUT2D eigenvalue weighted by atomic mass is 35.5. The molecule has 0 saturated heterocycles. The van der Waals surface area contributed by atoms with E-state index < -0.39 is 44.1 Å². The summed E-state index contributed by atoms with van der Waals surface area (Å²) in [6.07, 6.45) is 17.8. The average Bonchev–Trinajstić information content (AvgIpc) is 1.58. The Morgan fingerprint density at radius 3 is 1.21 bits per heavy atom. The van der Waals surface area contributed by atoms with Crippen molar-refractivity contribution < 1.29 is 78.4 Å². The van der Waals surface area contributed by atoms with Gasteiger partial charge < -0.3 is 43.4 Å². The molecule has 0 atom stereocenters. The first-order valence-electron chi connectivity index (χ1n) is 35.8. The van der Waals surface area contributed by atoms with Gasteiger partial charge in [-0.3, -0.25) is 9.59 Å². The van der Waals surface area contributed by atoms with Crippen molar-refractivity contribution in [3.8, 4) is 34.0 Å². The molecule has 4 aliphatic carbocycles. The maximum Gasteiger partial charge on any atom is 0.490 e. The highest BCUT2D eigenvalue weighted by Crippen LogP contribution is 2.52. The lowest BCUT2D eigenvalue weighted by atomic mass is 9.81. The van der Waals surface area contributed by atoms with Gasteiger partial charge in [-0.1, -0.05) is 101 Å². The van der Waals surface area contributed by atoms with Crippen molar-refractivity contribution >= 4 is 95.1 Å². The van der Waals surface area contributed by atoms with E-state index >= 15 is 0 Å². The normalized spacial score (nSPS) is 15.8. The number of para-hydroxylation sites is 2. The summed E-state index contributed by atoms with van der Waals surface area (Å²) in [5.74, 6) is -2.29. The molecule has 4 aromatic carbocycles. The van der Waals surface area contributed by atoms with Crippen molar-refractivity contribution in [3.05, 3.63) is 107 Å². The van der Waals surface area contributed by atoms with Crippen LogP contribution in [0.15, 0.2) is 84.9 Å². The number of halogens is 5. The van der Waals surface area contributed by atoms with Crippen LogP contribution in [0.25, 0.3) is 44.3 Å². The monoisotopic (exact) mass is 1530 g/mol. The number of aromatic nitrogens is 2. The molecule has 6 N–H and O–H groups in total. The van der Waals surface area contributed by atoms with E-state index in [0.29, 0.717) is 74.2 Å². The van der Waals surface area contributed by atoms with Crippen molar-refractivity contribution in [2.24, 2.45) is 10.3 Å². The summed E-state index contributed by atoms with van der Waals surface area (Å²) in [5, 5.41) is 29.8. The number of rotatable bonds is 26. The van der Waals surface area contributed by atoms with E-state index in [1.165, 1.54) is 69.1 Å². The van der Waals surface area contributed by atoms with E-state index in [-0.39, 0.29) is 60.5 Å². The number of likely N-dealkylation sites (N-methyl/N-ethyl adjacent to an activating group) is 2. The molecule has 0 unspecified atom stereocenters. The van der Waals surface area contributed by atoms with E-state index in [1.807, 2.05) is 81.4 Å². The smallest absolute Gasteiger partial charge is 0.483 e. The quantitative estimate of drug-likeness (QED) is 0.0223. The summed E-state index contributed by atoms with van der Waals surface area (Å²) in [6.45, 7) is 6.95. The molecule has 0 bridgehead atoms. The van der Waals surface area contributed by atoms with Gasteiger partial charge in [0.25, 0.3) is 32.2 Å². The molecule has 574 valence electrons. The number of nitrogens with zero attached hydrogens (tertiary/aromatic N) is 6. The highest BCUT2D eigenvalue weighted by Gasteiger charge is 2.39. The Labute approximate surface area is 619 Å². The minimum Gasteiger partial charge on any atom is -0.483 e. The topological polar surface area (TPSA) is 297 Å². The molecule has 29 heteroatoms. The number of benzene rings is 4. The van der Waals surface area contributed by atoms with E-state index in [1.54, 1.807) is 30.0 Å². The van der Waals surface area contributed by atoms with Gasteiger partial charge in [0.15, 0.2) is 13.2 Å². The Kier molecular flexibility index (Phi) is 31.2. The molecule has 22 nitrogen and oxygen atoms in total. The lowest BCUT2D eigenvalue weighted by Crippen LogP contribution is -2.35. The number of carboxylic acid groups (broad SMARTS) is 2. The fraction of sp³-hybridized carbons (Fsp3) is 0.560. The van der Waals surface area contributed by atoms with Gasteiger partial charge >= 0.3 is 24.1 Å². The SMILES string of the molecule is CN(CCCCN(C)S(N)(=O)=O)C(=O)COc1ccccc1-c1c(C2CCCCC2)c2ccc(C(=O)O)cc2n1C1CCCC1.CN(CCCCN(C)S(N)(=O)=O)C(=O)COc1ccccc1-c1c(C2CCCCC2)c2ccc(C(=O)OC(C)(C)C)cc2n1C1CCCC1.ClCCl.O=C(O)C(F)(F)F. The molecule has 4 saturated carbocycles. The van der Waals surface area contributed by atoms with E-state index in [2.05, 4.69) is 27.3 Å². The molecule has 0 aliphatic heterocycles. The Morgan fingerprint density at radius 1 is 0.529 bits per heavy atom. The summed E-state index contributed by atoms with van der Waals surface area (Å²) in [4.78, 5) is 63.8. The number of fused-ring (bicyclic) bond motifs is 2. The van der Waals surface area contributed by atoms with Gasteiger partial charge in [-0.25, -0.2) is 24.7 Å². The number of aliphatic carboxylic acids is 1. The predicted octanol–water partition coefficient (Wildman–Crippen LogP) is 15.2. The minimum absolute atomic E-state index is 0.115. The first kappa shape index (κ1) is 84.3. The molecule has 2 heterocycles. The molecule has 10 rings (SSSR count). The summed E-state index contributed by atoms with van der Waals surface area (Å²) in [5.41, 5.74) is 9.01. The molecule has 0 radical (unpaired) electrons. The van der Waals surface area contributed by atoms with Crippen molar-refractivity contribution in [2.45, 2.75) is 198 Å². The van der Waals surface area contributed by atoms with Gasteiger partial charge in [0.05, 0.1) is 27.9 Å². The van der Waals surface area contributed by atoms with Gasteiger partial charge in [0.2, 0.25) is 0 Å². The van der Waals surface area contributed by atoms with Crippen molar-refractivity contribution in [1.82, 2.24) is 27.5 Å². The number of hydrogen-bond acceptors (Lipinski definition) is 12. The summed E-state index contributed by atoms with van der Waals surface area (Å²) >= 11 is 9.53. The number of hydrogen-bond donors (Lipinski definition) is 4. The third-order valence-electron chi connectivity index (χ3n) is 19.8. The van der Waals surface area contributed by atoms with Gasteiger partial charge in [-0.05, 0) is 169 Å². The van der Waals surface area contributed by atoms with Crippen LogP contribution in [0.1, 0.15) is 218 Å². The zero-order valence-corrected chi connectivity index (χ0v) is 63.9. The van der Waals surface area contributed by atoms with Crippen LogP contribution in [-0.4, -0.2) is 169 Å². The Morgan fingerprint density at radius 2 is 0.865 bits per heavy atom. The average molecular weight is 1530 g/mol. The van der Waals surface area contributed by atoms with Crippen LogP contribution in [0, 0.1) is 0 Å². The fourth-order valence-corrected chi connectivity index (χ4v) is 15.2. The maximum absolute atomic E-state index is 13.3. The molecule has 2 aromatic heterocycles. The molecular weight excluding hydrogens is 1430 g/mol. The molecule has 4 aliphatic rings. The number of nitrogens with two attached hydrogens (primary N) is 2. The van der Waals surface area contributed by atoms with E-state index in [4.69, 9.17) is 57.6 Å². The molecule has 2 amide bonds. The fourth-order valence-electron chi connectivity index (χ4n) is 14.5.